The van der Waals surface area contributed by atoms with Crippen molar-refractivity contribution in [1.82, 2.24) is 4.72 Å². The van der Waals surface area contributed by atoms with Crippen molar-refractivity contribution in [2.75, 3.05) is 0 Å². The smallest absolute Gasteiger partial charge is 0.250 e. The van der Waals surface area contributed by atoms with Crippen LogP contribution in [0.2, 0.25) is 14.4 Å². The Morgan fingerprint density at radius 3 is 1.81 bits per heavy atom. The van der Waals surface area contributed by atoms with Crippen LogP contribution in [0.4, 0.5) is 0 Å². The van der Waals surface area contributed by atoms with E-state index in [1.54, 1.807) is 48.5 Å². The van der Waals surface area contributed by atoms with Crippen molar-refractivity contribution in [2.24, 2.45) is 5.92 Å². The van der Waals surface area contributed by atoms with Crippen LogP contribution in [0.15, 0.2) is 64.9 Å². The number of sulfonamides is 1. The lowest BCUT2D eigenvalue weighted by atomic mass is 9.75. The van der Waals surface area contributed by atoms with Gasteiger partial charge in [-0.2, -0.15) is 0 Å². The molecule has 0 bridgehead atoms. The van der Waals surface area contributed by atoms with Crippen LogP contribution in [0.5, 0.6) is 0 Å². The second-order valence-corrected chi connectivity index (χ2v) is 11.9. The highest BCUT2D eigenvalue weighted by Gasteiger charge is 2.45. The molecule has 0 aliphatic heterocycles. The Hall–Kier alpha value is -1.12. The molecule has 1 heterocycles. The molecule has 0 amide bonds. The van der Waals surface area contributed by atoms with E-state index in [0.717, 1.165) is 11.3 Å². The predicted octanol–water partition coefficient (Wildman–Crippen LogP) is 6.34. The lowest BCUT2D eigenvalue weighted by Crippen LogP contribution is -2.54. The molecule has 2 N–H and O–H groups in total. The summed E-state index contributed by atoms with van der Waals surface area (Å²) in [5.74, 6) is -0.221. The van der Waals surface area contributed by atoms with Gasteiger partial charge >= 0.3 is 0 Å². The van der Waals surface area contributed by atoms with Gasteiger partial charge in [-0.3, -0.25) is 0 Å². The van der Waals surface area contributed by atoms with Gasteiger partial charge in [0.1, 0.15) is 9.81 Å². The number of nitrogens with one attached hydrogen (secondary N) is 1. The Balaban J connectivity index is 2.18. The Morgan fingerprint density at radius 2 is 1.42 bits per heavy atom. The first kappa shape index (κ1) is 24.5. The van der Waals surface area contributed by atoms with E-state index in [2.05, 4.69) is 4.72 Å². The van der Waals surface area contributed by atoms with Crippen LogP contribution in [0.1, 0.15) is 31.4 Å². The zero-order valence-electron chi connectivity index (χ0n) is 16.8. The Labute approximate surface area is 201 Å². The highest BCUT2D eigenvalue weighted by atomic mass is 35.5. The van der Waals surface area contributed by atoms with Crippen molar-refractivity contribution >= 4 is 56.2 Å². The first-order valence-electron chi connectivity index (χ1n) is 9.60. The van der Waals surface area contributed by atoms with E-state index in [1.165, 1.54) is 12.1 Å². The number of halogens is 3. The SMILES string of the molecule is CCC(C)[C@H](NS(=O)(=O)c1ccc(Cl)s1)C(O)(c1ccc(Cl)cc1)c1ccc(Cl)cc1. The zero-order valence-corrected chi connectivity index (χ0v) is 20.8. The van der Waals surface area contributed by atoms with Gasteiger partial charge in [-0.05, 0) is 53.4 Å². The molecule has 0 spiro atoms. The van der Waals surface area contributed by atoms with Crippen LogP contribution in [-0.4, -0.2) is 19.6 Å². The third-order valence-electron chi connectivity index (χ3n) is 5.33. The van der Waals surface area contributed by atoms with Crippen molar-refractivity contribution < 1.29 is 13.5 Å². The quantitative estimate of drug-likeness (QED) is 0.366. The molecule has 166 valence electrons. The topological polar surface area (TPSA) is 66.4 Å². The molecule has 3 rings (SSSR count). The van der Waals surface area contributed by atoms with Crippen LogP contribution >= 0.6 is 46.1 Å². The summed E-state index contributed by atoms with van der Waals surface area (Å²) < 4.78 is 29.6. The fraction of sp³-hybridized carbons (Fsp3) is 0.273. The lowest BCUT2D eigenvalue weighted by Gasteiger charge is -2.40. The molecule has 0 saturated carbocycles. The van der Waals surface area contributed by atoms with Crippen LogP contribution in [0.3, 0.4) is 0 Å². The standard InChI is InChI=1S/C22H22Cl3NO3S2/c1-3-14(2)21(26-31(28,29)20-13-12-19(25)30-20)22(27,15-4-8-17(23)9-5-15)16-6-10-18(24)11-7-16/h4-14,21,26-27H,3H2,1-2H3/t14?,21-/m0/s1. The van der Waals surface area contributed by atoms with E-state index in [-0.39, 0.29) is 10.1 Å². The summed E-state index contributed by atoms with van der Waals surface area (Å²) in [6, 6.07) is 15.5. The number of hydrogen-bond acceptors (Lipinski definition) is 4. The Morgan fingerprint density at radius 1 is 0.935 bits per heavy atom. The summed E-state index contributed by atoms with van der Waals surface area (Å²) in [5, 5.41) is 13.2. The summed E-state index contributed by atoms with van der Waals surface area (Å²) in [7, 11) is -3.94. The average Bonchev–Trinajstić information content (AvgIpc) is 3.19. The maximum absolute atomic E-state index is 13.2. The van der Waals surface area contributed by atoms with Crippen LogP contribution in [0, 0.1) is 5.92 Å². The summed E-state index contributed by atoms with van der Waals surface area (Å²) in [6.07, 6.45) is 0.627. The molecule has 0 aliphatic rings. The molecule has 0 saturated heterocycles. The van der Waals surface area contributed by atoms with E-state index in [9.17, 15) is 13.5 Å². The fourth-order valence-electron chi connectivity index (χ4n) is 3.45. The van der Waals surface area contributed by atoms with Gasteiger partial charge in [0.05, 0.1) is 10.4 Å². The van der Waals surface area contributed by atoms with Crippen LogP contribution in [0.25, 0.3) is 0 Å². The monoisotopic (exact) mass is 517 g/mol. The molecular weight excluding hydrogens is 497 g/mol. The Kier molecular flexibility index (Phi) is 7.75. The molecule has 1 aromatic heterocycles. The molecule has 1 unspecified atom stereocenters. The minimum atomic E-state index is -3.94. The molecule has 4 nitrogen and oxygen atoms in total. The molecule has 0 fully saturated rings. The highest BCUT2D eigenvalue weighted by molar-refractivity contribution is 7.91. The third-order valence-corrected chi connectivity index (χ3v) is 9.00. The molecule has 31 heavy (non-hydrogen) atoms. The third kappa shape index (κ3) is 5.28. The van der Waals surface area contributed by atoms with Crippen LogP contribution in [-0.2, 0) is 15.6 Å². The summed E-state index contributed by atoms with van der Waals surface area (Å²) in [5.41, 5.74) is -0.661. The first-order chi connectivity index (χ1) is 14.6. The van der Waals surface area contributed by atoms with Gasteiger partial charge in [-0.1, -0.05) is 79.3 Å². The second-order valence-electron chi connectivity index (χ2n) is 7.32. The van der Waals surface area contributed by atoms with Gasteiger partial charge in [0.15, 0.2) is 0 Å². The normalized spacial score (nSPS) is 14.4. The van der Waals surface area contributed by atoms with Gasteiger partial charge in [-0.15, -0.1) is 11.3 Å². The number of benzene rings is 2. The van der Waals surface area contributed by atoms with Crippen molar-refractivity contribution in [3.8, 4) is 0 Å². The maximum Gasteiger partial charge on any atom is 0.250 e. The molecule has 9 heteroatoms. The fourth-order valence-corrected chi connectivity index (χ4v) is 6.57. The van der Waals surface area contributed by atoms with E-state index >= 15 is 0 Å². The number of thiophene rings is 1. The van der Waals surface area contributed by atoms with Gasteiger partial charge in [0.2, 0.25) is 10.0 Å². The van der Waals surface area contributed by atoms with E-state index in [1.807, 2.05) is 13.8 Å². The maximum atomic E-state index is 13.2. The van der Waals surface area contributed by atoms with Crippen molar-refractivity contribution in [2.45, 2.75) is 36.1 Å². The molecule has 0 aliphatic carbocycles. The number of rotatable bonds is 8. The van der Waals surface area contributed by atoms with E-state index < -0.39 is 21.7 Å². The minimum absolute atomic E-state index is 0.0837. The van der Waals surface area contributed by atoms with E-state index in [4.69, 9.17) is 34.8 Å². The predicted molar refractivity (Wildman–Crippen MR) is 129 cm³/mol. The van der Waals surface area contributed by atoms with Crippen LogP contribution < -0.4 is 4.72 Å². The van der Waals surface area contributed by atoms with Gasteiger partial charge < -0.3 is 5.11 Å². The number of hydrogen-bond donors (Lipinski definition) is 2. The summed E-state index contributed by atoms with van der Waals surface area (Å²) >= 11 is 19.0. The van der Waals surface area contributed by atoms with Gasteiger partial charge in [-0.25, -0.2) is 13.1 Å². The lowest BCUT2D eigenvalue weighted by molar-refractivity contribution is 0.0247. The van der Waals surface area contributed by atoms with E-state index in [0.29, 0.717) is 31.9 Å². The zero-order chi connectivity index (χ0) is 22.8. The summed E-state index contributed by atoms with van der Waals surface area (Å²) in [6.45, 7) is 3.84. The molecular formula is C22H22Cl3NO3S2. The average molecular weight is 519 g/mol. The molecule has 2 aromatic carbocycles. The van der Waals surface area contributed by atoms with Crippen molar-refractivity contribution in [1.29, 1.82) is 0 Å². The largest absolute Gasteiger partial charge is 0.379 e. The highest BCUT2D eigenvalue weighted by Crippen LogP contribution is 2.39. The summed E-state index contributed by atoms with van der Waals surface area (Å²) in [4.78, 5) is 0. The molecule has 0 radical (unpaired) electrons. The van der Waals surface area contributed by atoms with Gasteiger partial charge in [0, 0.05) is 10.0 Å². The van der Waals surface area contributed by atoms with Crippen molar-refractivity contribution in [3.63, 3.8) is 0 Å². The Bertz CT molecular complexity index is 1080. The second kappa shape index (κ2) is 9.79. The number of aliphatic hydroxyl groups is 1. The first-order valence-corrected chi connectivity index (χ1v) is 13.0. The minimum Gasteiger partial charge on any atom is -0.379 e. The molecule has 3 aromatic rings. The van der Waals surface area contributed by atoms with Crippen molar-refractivity contribution in [3.05, 3.63) is 86.2 Å². The molecule has 2 atom stereocenters. The van der Waals surface area contributed by atoms with Gasteiger partial charge in [0.25, 0.3) is 0 Å².